The van der Waals surface area contributed by atoms with Crippen molar-refractivity contribution in [2.45, 2.75) is 6.92 Å². The topological polar surface area (TPSA) is 68.4 Å². The molecule has 4 aromatic rings. The first-order chi connectivity index (χ1) is 13.5. The molecule has 28 heavy (non-hydrogen) atoms. The average Bonchev–Trinajstić information content (AvgIpc) is 3.15. The van der Waals surface area contributed by atoms with Crippen LogP contribution in [0.1, 0.15) is 5.56 Å². The number of benzene rings is 2. The summed E-state index contributed by atoms with van der Waals surface area (Å²) in [6.45, 7) is 2.11. The largest absolute Gasteiger partial charge is 0.504 e. The minimum Gasteiger partial charge on any atom is -0.504 e. The van der Waals surface area contributed by atoms with Crippen LogP contribution >= 0.6 is 11.3 Å². The summed E-state index contributed by atoms with van der Waals surface area (Å²) in [5, 5.41) is 12.0. The summed E-state index contributed by atoms with van der Waals surface area (Å²) < 4.78 is 5.21. The van der Waals surface area contributed by atoms with E-state index in [1.54, 1.807) is 35.7 Å². The zero-order valence-corrected chi connectivity index (χ0v) is 16.5. The van der Waals surface area contributed by atoms with Crippen LogP contribution in [0.3, 0.4) is 0 Å². The number of aromatic nitrogens is 1. The molecule has 0 spiro atoms. The molecule has 0 aliphatic heterocycles. The number of nitrogens with zero attached hydrogens (tertiary/aromatic N) is 1. The lowest BCUT2D eigenvalue weighted by molar-refractivity contribution is 0.373. The van der Waals surface area contributed by atoms with Crippen LogP contribution in [0, 0.1) is 6.92 Å². The molecule has 0 bridgehead atoms. The summed E-state index contributed by atoms with van der Waals surface area (Å²) in [5.74, 6) is 0.924. The molecule has 4 nitrogen and oxygen atoms in total. The zero-order valence-electron chi connectivity index (χ0n) is 15.6. The number of phenolic OH excluding ortho intramolecular Hbond substituents is 1. The number of nitrogen functional groups attached to an aromatic ring is 1. The van der Waals surface area contributed by atoms with Crippen LogP contribution in [0.25, 0.3) is 32.7 Å². The number of pyridine rings is 1. The number of phenols is 1. The number of aryl methyl sites for hydroxylation is 1. The van der Waals surface area contributed by atoms with Crippen LogP contribution in [-0.2, 0) is 0 Å². The van der Waals surface area contributed by atoms with E-state index in [1.807, 2.05) is 6.07 Å². The highest BCUT2D eigenvalue weighted by Crippen LogP contribution is 2.36. The third kappa shape index (κ3) is 3.44. The summed E-state index contributed by atoms with van der Waals surface area (Å²) in [6.07, 6.45) is 1.78. The lowest BCUT2D eigenvalue weighted by Crippen LogP contribution is -1.95. The van der Waals surface area contributed by atoms with Gasteiger partial charge in [0.05, 0.1) is 7.11 Å². The molecule has 0 radical (unpaired) electrons. The van der Waals surface area contributed by atoms with E-state index in [9.17, 15) is 5.11 Å². The number of rotatable bonds is 4. The molecule has 0 aliphatic rings. The van der Waals surface area contributed by atoms with Crippen LogP contribution in [0.4, 0.5) is 5.82 Å². The van der Waals surface area contributed by atoms with Gasteiger partial charge >= 0.3 is 0 Å². The van der Waals surface area contributed by atoms with E-state index < -0.39 is 0 Å². The average molecular weight is 388 g/mol. The molecule has 0 atom stereocenters. The van der Waals surface area contributed by atoms with E-state index in [0.717, 1.165) is 22.3 Å². The van der Waals surface area contributed by atoms with Crippen LogP contribution in [0.15, 0.2) is 66.2 Å². The monoisotopic (exact) mass is 388 g/mol. The number of anilines is 1. The lowest BCUT2D eigenvalue weighted by Gasteiger charge is -2.11. The second kappa shape index (κ2) is 7.37. The molecule has 0 saturated carbocycles. The smallest absolute Gasteiger partial charge is 0.161 e. The van der Waals surface area contributed by atoms with Gasteiger partial charge in [0.15, 0.2) is 11.5 Å². The van der Waals surface area contributed by atoms with E-state index in [-0.39, 0.29) is 5.75 Å². The molecule has 2 aromatic carbocycles. The van der Waals surface area contributed by atoms with Crippen LogP contribution in [0.2, 0.25) is 0 Å². The summed E-state index contributed by atoms with van der Waals surface area (Å²) in [6, 6.07) is 17.8. The molecule has 5 heteroatoms. The fourth-order valence-electron chi connectivity index (χ4n) is 3.12. The Hall–Kier alpha value is -3.31. The van der Waals surface area contributed by atoms with Gasteiger partial charge in [-0.25, -0.2) is 4.98 Å². The number of ether oxygens (including phenoxy) is 1. The van der Waals surface area contributed by atoms with Crippen molar-refractivity contribution in [1.29, 1.82) is 0 Å². The maximum absolute atomic E-state index is 9.83. The van der Waals surface area contributed by atoms with Gasteiger partial charge in [0, 0.05) is 22.2 Å². The van der Waals surface area contributed by atoms with E-state index >= 15 is 0 Å². The first-order valence-corrected chi connectivity index (χ1v) is 9.72. The fraction of sp³-hybridized carbons (Fsp3) is 0.0870. The zero-order chi connectivity index (χ0) is 19.7. The van der Waals surface area contributed by atoms with Crippen molar-refractivity contribution >= 4 is 17.2 Å². The predicted octanol–water partition coefficient (Wildman–Crippen LogP) is 5.75. The van der Waals surface area contributed by atoms with Crippen molar-refractivity contribution in [2.24, 2.45) is 0 Å². The minimum atomic E-state index is 0.0911. The Morgan fingerprint density at radius 3 is 2.32 bits per heavy atom. The molecule has 0 unspecified atom stereocenters. The van der Waals surface area contributed by atoms with Gasteiger partial charge in [0.1, 0.15) is 5.82 Å². The molecule has 0 saturated heterocycles. The second-order valence-electron chi connectivity index (χ2n) is 6.61. The highest BCUT2D eigenvalue weighted by atomic mass is 32.1. The number of hydrogen-bond donors (Lipinski definition) is 2. The van der Waals surface area contributed by atoms with Crippen molar-refractivity contribution in [3.8, 4) is 44.2 Å². The van der Waals surface area contributed by atoms with E-state index in [1.165, 1.54) is 23.1 Å². The standard InChI is InChI=1S/C23H20N2O2S/c1-14-9-22(28-13-14)16-5-3-15(4-6-16)18-10-19(23(24)25-12-18)17-7-8-20(26)21(11-17)27-2/h3-13,26H,1-2H3,(H2,24,25). The lowest BCUT2D eigenvalue weighted by atomic mass is 9.99. The highest BCUT2D eigenvalue weighted by Gasteiger charge is 2.11. The number of nitrogens with two attached hydrogens (primary N) is 1. The molecule has 4 rings (SSSR count). The van der Waals surface area contributed by atoms with E-state index in [4.69, 9.17) is 10.5 Å². The molecule has 2 heterocycles. The Kier molecular flexibility index (Phi) is 4.75. The first-order valence-electron chi connectivity index (χ1n) is 8.84. The number of aromatic hydroxyl groups is 1. The van der Waals surface area contributed by atoms with Gasteiger partial charge in [0.2, 0.25) is 0 Å². The summed E-state index contributed by atoms with van der Waals surface area (Å²) in [4.78, 5) is 5.63. The molecule has 3 N–H and O–H groups in total. The van der Waals surface area contributed by atoms with Crippen molar-refractivity contribution in [2.75, 3.05) is 12.8 Å². The molecule has 0 aliphatic carbocycles. The molecular formula is C23H20N2O2S. The Morgan fingerprint density at radius 1 is 0.929 bits per heavy atom. The maximum atomic E-state index is 9.83. The summed E-state index contributed by atoms with van der Waals surface area (Å²) in [7, 11) is 1.52. The Morgan fingerprint density at radius 2 is 1.64 bits per heavy atom. The van der Waals surface area contributed by atoms with Crippen molar-refractivity contribution in [3.05, 3.63) is 71.7 Å². The Balaban J connectivity index is 1.71. The SMILES string of the molecule is COc1cc(-c2cc(-c3ccc(-c4cc(C)cs4)cc3)cnc2N)ccc1O. The number of thiophene rings is 1. The van der Waals surface area contributed by atoms with Gasteiger partial charge < -0.3 is 15.6 Å². The van der Waals surface area contributed by atoms with Crippen molar-refractivity contribution < 1.29 is 9.84 Å². The first kappa shape index (κ1) is 18.1. The Bertz CT molecular complexity index is 1130. The Labute approximate surface area is 167 Å². The number of hydrogen-bond acceptors (Lipinski definition) is 5. The highest BCUT2D eigenvalue weighted by molar-refractivity contribution is 7.13. The van der Waals surface area contributed by atoms with Crippen molar-refractivity contribution in [1.82, 2.24) is 4.98 Å². The van der Waals surface area contributed by atoms with Crippen LogP contribution < -0.4 is 10.5 Å². The molecule has 0 fully saturated rings. The third-order valence-electron chi connectivity index (χ3n) is 4.64. The summed E-state index contributed by atoms with van der Waals surface area (Å²) >= 11 is 1.75. The van der Waals surface area contributed by atoms with Gasteiger partial charge in [-0.2, -0.15) is 0 Å². The second-order valence-corrected chi connectivity index (χ2v) is 7.52. The third-order valence-corrected chi connectivity index (χ3v) is 5.74. The molecule has 0 amide bonds. The minimum absolute atomic E-state index is 0.0911. The van der Waals surface area contributed by atoms with Gasteiger partial charge in [-0.05, 0) is 58.8 Å². The van der Waals surface area contributed by atoms with Gasteiger partial charge in [0.25, 0.3) is 0 Å². The molecule has 140 valence electrons. The van der Waals surface area contributed by atoms with E-state index in [0.29, 0.717) is 11.6 Å². The van der Waals surface area contributed by atoms with Crippen LogP contribution in [0.5, 0.6) is 11.5 Å². The number of methoxy groups -OCH3 is 1. The van der Waals surface area contributed by atoms with Crippen molar-refractivity contribution in [3.63, 3.8) is 0 Å². The molecular weight excluding hydrogens is 368 g/mol. The normalized spacial score (nSPS) is 10.8. The molecule has 2 aromatic heterocycles. The van der Waals surface area contributed by atoms with Gasteiger partial charge in [-0.1, -0.05) is 30.3 Å². The van der Waals surface area contributed by atoms with E-state index in [2.05, 4.69) is 47.6 Å². The quantitative estimate of drug-likeness (QED) is 0.467. The van der Waals surface area contributed by atoms with Crippen LogP contribution in [-0.4, -0.2) is 17.2 Å². The maximum Gasteiger partial charge on any atom is 0.161 e. The van der Waals surface area contributed by atoms with Gasteiger partial charge in [-0.15, -0.1) is 11.3 Å². The summed E-state index contributed by atoms with van der Waals surface area (Å²) in [5.41, 5.74) is 12.3. The predicted molar refractivity (Wildman–Crippen MR) is 116 cm³/mol. The van der Waals surface area contributed by atoms with Gasteiger partial charge in [-0.3, -0.25) is 0 Å². The fourth-order valence-corrected chi connectivity index (χ4v) is 4.03.